The third kappa shape index (κ3) is 3.84. The molecule has 7 heteroatoms. The number of pyridine rings is 1. The molecule has 0 spiro atoms. The molecule has 3 aliphatic heterocycles. The van der Waals surface area contributed by atoms with Gasteiger partial charge < -0.3 is 19.4 Å². The number of carbonyl (C=O) groups excluding carboxylic acids is 1. The van der Waals surface area contributed by atoms with Gasteiger partial charge in [-0.25, -0.2) is 4.98 Å². The second-order valence-corrected chi connectivity index (χ2v) is 7.54. The predicted molar refractivity (Wildman–Crippen MR) is 101 cm³/mol. The number of hydrogen-bond donors (Lipinski definition) is 0. The highest BCUT2D eigenvalue weighted by atomic mass is 16.5. The van der Waals surface area contributed by atoms with E-state index in [4.69, 9.17) is 4.74 Å². The van der Waals surface area contributed by atoms with Crippen molar-refractivity contribution in [1.29, 1.82) is 0 Å². The van der Waals surface area contributed by atoms with E-state index < -0.39 is 0 Å². The van der Waals surface area contributed by atoms with Gasteiger partial charge in [-0.3, -0.25) is 9.69 Å². The van der Waals surface area contributed by atoms with E-state index in [0.29, 0.717) is 6.04 Å². The average Bonchev–Trinajstić information content (AvgIpc) is 3.23. The molecule has 1 amide bonds. The van der Waals surface area contributed by atoms with Crippen LogP contribution in [0.1, 0.15) is 16.8 Å². The molecule has 0 radical (unpaired) electrons. The Kier molecular flexibility index (Phi) is 5.38. The van der Waals surface area contributed by atoms with Crippen LogP contribution in [0.3, 0.4) is 0 Å². The summed E-state index contributed by atoms with van der Waals surface area (Å²) in [5.41, 5.74) is 0.756. The Balaban J connectivity index is 1.37. The Morgan fingerprint density at radius 2 is 1.88 bits per heavy atom. The van der Waals surface area contributed by atoms with Crippen LogP contribution in [0.25, 0.3) is 0 Å². The molecular formula is C19H29N5O2. The van der Waals surface area contributed by atoms with Gasteiger partial charge in [0.25, 0.3) is 5.91 Å². The van der Waals surface area contributed by atoms with E-state index in [-0.39, 0.29) is 5.91 Å². The minimum Gasteiger partial charge on any atom is -0.380 e. The van der Waals surface area contributed by atoms with Gasteiger partial charge in [0.1, 0.15) is 5.82 Å². The summed E-state index contributed by atoms with van der Waals surface area (Å²) in [6, 6.07) is 4.35. The highest BCUT2D eigenvalue weighted by Gasteiger charge is 2.29. The zero-order valence-corrected chi connectivity index (χ0v) is 15.6. The highest BCUT2D eigenvalue weighted by molar-refractivity contribution is 5.95. The summed E-state index contributed by atoms with van der Waals surface area (Å²) >= 11 is 0. The fourth-order valence-corrected chi connectivity index (χ4v) is 4.04. The van der Waals surface area contributed by atoms with Gasteiger partial charge in [-0.05, 0) is 25.6 Å². The lowest BCUT2D eigenvalue weighted by Crippen LogP contribution is -2.52. The summed E-state index contributed by atoms with van der Waals surface area (Å²) in [6.45, 7) is 9.17. The van der Waals surface area contributed by atoms with E-state index in [1.807, 2.05) is 17.0 Å². The van der Waals surface area contributed by atoms with Gasteiger partial charge in [-0.1, -0.05) is 0 Å². The second-order valence-electron chi connectivity index (χ2n) is 7.54. The van der Waals surface area contributed by atoms with Crippen LogP contribution in [0.5, 0.6) is 0 Å². The standard InChI is InChI=1S/C19H29N5O2/c1-21-5-7-23(8-6-21)18-14-16(2-4-20-18)19(25)24-11-9-22(10-12-24)17-3-13-26-15-17/h2,4,14,17H,3,5-13,15H2,1H3. The first kappa shape index (κ1) is 17.7. The molecular weight excluding hydrogens is 330 g/mol. The third-order valence-electron chi connectivity index (χ3n) is 5.84. The zero-order valence-electron chi connectivity index (χ0n) is 15.6. The van der Waals surface area contributed by atoms with Crippen LogP contribution in [0.2, 0.25) is 0 Å². The normalized spacial score (nSPS) is 25.7. The van der Waals surface area contributed by atoms with Crippen molar-refractivity contribution in [3.05, 3.63) is 23.9 Å². The van der Waals surface area contributed by atoms with Crippen LogP contribution in [0.15, 0.2) is 18.3 Å². The molecule has 3 fully saturated rings. The number of anilines is 1. The molecule has 0 aromatic carbocycles. The maximum atomic E-state index is 12.9. The van der Waals surface area contributed by atoms with Gasteiger partial charge in [0.15, 0.2) is 0 Å². The highest BCUT2D eigenvalue weighted by Crippen LogP contribution is 2.19. The van der Waals surface area contributed by atoms with Crippen molar-refractivity contribution in [2.45, 2.75) is 12.5 Å². The van der Waals surface area contributed by atoms with Gasteiger partial charge in [0, 0.05) is 76.8 Å². The smallest absolute Gasteiger partial charge is 0.254 e. The molecule has 1 aromatic rings. The number of ether oxygens (including phenoxy) is 1. The first-order valence-corrected chi connectivity index (χ1v) is 9.71. The molecule has 0 N–H and O–H groups in total. The summed E-state index contributed by atoms with van der Waals surface area (Å²) in [5.74, 6) is 1.05. The van der Waals surface area contributed by atoms with Crippen molar-refractivity contribution in [1.82, 2.24) is 19.7 Å². The molecule has 1 aromatic heterocycles. The fourth-order valence-electron chi connectivity index (χ4n) is 4.04. The van der Waals surface area contributed by atoms with Crippen molar-refractivity contribution >= 4 is 11.7 Å². The van der Waals surface area contributed by atoms with Crippen molar-refractivity contribution < 1.29 is 9.53 Å². The SMILES string of the molecule is CN1CCN(c2cc(C(=O)N3CCN(C4CCOC4)CC3)ccn2)CC1. The lowest BCUT2D eigenvalue weighted by molar-refractivity contribution is 0.0549. The monoisotopic (exact) mass is 359 g/mol. The number of rotatable bonds is 3. The maximum Gasteiger partial charge on any atom is 0.254 e. The molecule has 4 heterocycles. The third-order valence-corrected chi connectivity index (χ3v) is 5.84. The van der Waals surface area contributed by atoms with E-state index in [2.05, 4.69) is 26.7 Å². The minimum absolute atomic E-state index is 0.130. The van der Waals surface area contributed by atoms with Crippen molar-refractivity contribution in [3.8, 4) is 0 Å². The molecule has 7 nitrogen and oxygen atoms in total. The Morgan fingerprint density at radius 1 is 1.12 bits per heavy atom. The topological polar surface area (TPSA) is 52.2 Å². The van der Waals surface area contributed by atoms with E-state index in [1.54, 1.807) is 6.20 Å². The second kappa shape index (κ2) is 7.90. The number of carbonyl (C=O) groups is 1. The van der Waals surface area contributed by atoms with Crippen LogP contribution >= 0.6 is 0 Å². The summed E-state index contributed by atoms with van der Waals surface area (Å²) in [7, 11) is 2.14. The molecule has 1 unspecified atom stereocenters. The van der Waals surface area contributed by atoms with Crippen LogP contribution in [0.4, 0.5) is 5.82 Å². The fraction of sp³-hybridized carbons (Fsp3) is 0.684. The van der Waals surface area contributed by atoms with Crippen LogP contribution in [-0.2, 0) is 4.74 Å². The molecule has 0 bridgehead atoms. The average molecular weight is 359 g/mol. The van der Waals surface area contributed by atoms with Crippen molar-refractivity contribution in [3.63, 3.8) is 0 Å². The van der Waals surface area contributed by atoms with E-state index in [1.165, 1.54) is 0 Å². The van der Waals surface area contributed by atoms with E-state index >= 15 is 0 Å². The summed E-state index contributed by atoms with van der Waals surface area (Å²) in [6.07, 6.45) is 2.89. The van der Waals surface area contributed by atoms with Gasteiger partial charge in [0.05, 0.1) is 6.61 Å². The first-order chi connectivity index (χ1) is 12.7. The molecule has 4 rings (SSSR count). The molecule has 0 aliphatic carbocycles. The lowest BCUT2D eigenvalue weighted by atomic mass is 10.1. The number of nitrogens with zero attached hydrogens (tertiary/aromatic N) is 5. The van der Waals surface area contributed by atoms with Gasteiger partial charge in [-0.15, -0.1) is 0 Å². The maximum absolute atomic E-state index is 12.9. The van der Waals surface area contributed by atoms with Crippen LogP contribution in [-0.4, -0.2) is 104 Å². The molecule has 3 saturated heterocycles. The van der Waals surface area contributed by atoms with Crippen LogP contribution < -0.4 is 4.90 Å². The van der Waals surface area contributed by atoms with Gasteiger partial charge >= 0.3 is 0 Å². The lowest BCUT2D eigenvalue weighted by Gasteiger charge is -2.37. The Bertz CT molecular complexity index is 618. The summed E-state index contributed by atoms with van der Waals surface area (Å²) < 4.78 is 5.49. The number of piperazine rings is 2. The molecule has 1 atom stereocenters. The Morgan fingerprint density at radius 3 is 2.58 bits per heavy atom. The zero-order chi connectivity index (χ0) is 17.9. The minimum atomic E-state index is 0.130. The largest absolute Gasteiger partial charge is 0.380 e. The van der Waals surface area contributed by atoms with Gasteiger partial charge in [0.2, 0.25) is 0 Å². The quantitative estimate of drug-likeness (QED) is 0.778. The van der Waals surface area contributed by atoms with E-state index in [9.17, 15) is 4.79 Å². The van der Waals surface area contributed by atoms with E-state index in [0.717, 1.165) is 83.4 Å². The number of likely N-dealkylation sites (N-methyl/N-ethyl adjacent to an activating group) is 1. The van der Waals surface area contributed by atoms with Crippen molar-refractivity contribution in [2.24, 2.45) is 0 Å². The first-order valence-electron chi connectivity index (χ1n) is 9.71. The summed E-state index contributed by atoms with van der Waals surface area (Å²) in [5, 5.41) is 0. The number of amides is 1. The van der Waals surface area contributed by atoms with Crippen molar-refractivity contribution in [2.75, 3.05) is 77.5 Å². The number of aromatic nitrogens is 1. The Labute approximate surface area is 155 Å². The molecule has 26 heavy (non-hydrogen) atoms. The summed E-state index contributed by atoms with van der Waals surface area (Å²) in [4.78, 5) is 26.5. The Hall–Kier alpha value is -1.70. The molecule has 0 saturated carbocycles. The van der Waals surface area contributed by atoms with Gasteiger partial charge in [-0.2, -0.15) is 0 Å². The molecule has 142 valence electrons. The molecule has 3 aliphatic rings. The van der Waals surface area contributed by atoms with Crippen LogP contribution in [0, 0.1) is 0 Å². The number of hydrogen-bond acceptors (Lipinski definition) is 6. The predicted octanol–water partition coefficient (Wildman–Crippen LogP) is 0.380.